The number of aromatic nitrogens is 2. The monoisotopic (exact) mass is 215 g/mol. The summed E-state index contributed by atoms with van der Waals surface area (Å²) in [6.07, 6.45) is 2.94. The molecule has 1 atom stereocenters. The molecule has 3 nitrogen and oxygen atoms in total. The van der Waals surface area contributed by atoms with Gasteiger partial charge in [0.05, 0.1) is 11.0 Å². The van der Waals surface area contributed by atoms with Crippen LogP contribution in [0.4, 0.5) is 0 Å². The number of H-pyrrole nitrogens is 1. The smallest absolute Gasteiger partial charge is 0.110 e. The maximum Gasteiger partial charge on any atom is 0.110 e. The maximum absolute atomic E-state index is 4.61. The minimum Gasteiger partial charge on any atom is -0.342 e. The van der Waals surface area contributed by atoms with Crippen molar-refractivity contribution in [1.29, 1.82) is 0 Å². The molecule has 1 aromatic heterocycles. The first-order chi connectivity index (χ1) is 7.74. The van der Waals surface area contributed by atoms with E-state index in [4.69, 9.17) is 0 Å². The highest BCUT2D eigenvalue weighted by atomic mass is 14.9. The van der Waals surface area contributed by atoms with Crippen molar-refractivity contribution in [3.8, 4) is 0 Å². The summed E-state index contributed by atoms with van der Waals surface area (Å²) in [5, 5.41) is 0. The molecule has 1 N–H and O–H groups in total. The van der Waals surface area contributed by atoms with Crippen molar-refractivity contribution in [2.24, 2.45) is 4.99 Å². The Kier molecular flexibility index (Phi) is 3.04. The third-order valence-corrected chi connectivity index (χ3v) is 2.88. The Morgan fingerprint density at radius 3 is 3.00 bits per heavy atom. The van der Waals surface area contributed by atoms with Gasteiger partial charge in [0.15, 0.2) is 0 Å². The van der Waals surface area contributed by atoms with Gasteiger partial charge in [0, 0.05) is 19.2 Å². The fraction of sp³-hybridized carbons (Fsp3) is 0.385. The van der Waals surface area contributed by atoms with E-state index >= 15 is 0 Å². The van der Waals surface area contributed by atoms with Gasteiger partial charge in [-0.1, -0.05) is 19.9 Å². The number of nitrogens with one attached hydrogen (secondary N) is 1. The average Bonchev–Trinajstić information content (AvgIpc) is 2.71. The molecule has 0 saturated carbocycles. The Balaban J connectivity index is 2.45. The number of nitrogens with zero attached hydrogens (tertiary/aromatic N) is 2. The number of aromatic amines is 1. The largest absolute Gasteiger partial charge is 0.342 e. The normalized spacial score (nSPS) is 13.7. The van der Waals surface area contributed by atoms with Crippen LogP contribution in [-0.2, 0) is 0 Å². The van der Waals surface area contributed by atoms with Gasteiger partial charge in [-0.05, 0) is 24.1 Å². The van der Waals surface area contributed by atoms with Crippen molar-refractivity contribution in [3.63, 3.8) is 0 Å². The van der Waals surface area contributed by atoms with Gasteiger partial charge in [0.2, 0.25) is 0 Å². The van der Waals surface area contributed by atoms with Crippen LogP contribution < -0.4 is 0 Å². The third kappa shape index (κ3) is 1.98. The second kappa shape index (κ2) is 4.47. The lowest BCUT2D eigenvalue weighted by molar-refractivity contribution is 0.692. The predicted octanol–water partition coefficient (Wildman–Crippen LogP) is 3.13. The Bertz CT molecular complexity index is 511. The third-order valence-electron chi connectivity index (χ3n) is 2.88. The first-order valence-corrected chi connectivity index (χ1v) is 5.66. The summed E-state index contributed by atoms with van der Waals surface area (Å²) < 4.78 is 0. The molecule has 1 aromatic carbocycles. The van der Waals surface area contributed by atoms with Crippen LogP contribution in [0, 0.1) is 0 Å². The summed E-state index contributed by atoms with van der Waals surface area (Å²) >= 11 is 0. The van der Waals surface area contributed by atoms with Gasteiger partial charge in [-0.25, -0.2) is 4.98 Å². The van der Waals surface area contributed by atoms with E-state index in [-0.39, 0.29) is 0 Å². The number of hydrogen-bond acceptors (Lipinski definition) is 2. The van der Waals surface area contributed by atoms with Crippen LogP contribution in [0.3, 0.4) is 0 Å². The molecule has 1 heterocycles. The summed E-state index contributed by atoms with van der Waals surface area (Å²) in [6.45, 7) is 4.36. The SMILES string of the molecule is CCC(C)c1nc2cc(/C=N/C)ccc2[nH]1. The van der Waals surface area contributed by atoms with Crippen molar-refractivity contribution in [2.45, 2.75) is 26.2 Å². The average molecular weight is 215 g/mol. The van der Waals surface area contributed by atoms with Crippen molar-refractivity contribution in [3.05, 3.63) is 29.6 Å². The van der Waals surface area contributed by atoms with Crippen LogP contribution in [0.15, 0.2) is 23.2 Å². The highest BCUT2D eigenvalue weighted by Gasteiger charge is 2.08. The molecule has 0 fully saturated rings. The van der Waals surface area contributed by atoms with E-state index in [9.17, 15) is 0 Å². The molecule has 1 unspecified atom stereocenters. The lowest BCUT2D eigenvalue weighted by Gasteiger charge is -2.01. The molecule has 0 aliphatic heterocycles. The molecule has 0 radical (unpaired) electrons. The molecule has 3 heteroatoms. The molecule has 0 amide bonds. The topological polar surface area (TPSA) is 41.0 Å². The van der Waals surface area contributed by atoms with Crippen molar-refractivity contribution in [2.75, 3.05) is 7.05 Å². The standard InChI is InChI=1S/C13H17N3/c1-4-9(2)13-15-11-6-5-10(8-14-3)7-12(11)16-13/h5-9H,4H2,1-3H3,(H,15,16)/b14-8+. The quantitative estimate of drug-likeness (QED) is 0.785. The Hall–Kier alpha value is -1.64. The molecule has 16 heavy (non-hydrogen) atoms. The zero-order chi connectivity index (χ0) is 11.5. The van der Waals surface area contributed by atoms with Crippen LogP contribution in [-0.4, -0.2) is 23.2 Å². The summed E-state index contributed by atoms with van der Waals surface area (Å²) in [4.78, 5) is 12.0. The van der Waals surface area contributed by atoms with E-state index in [0.717, 1.165) is 28.8 Å². The fourth-order valence-electron chi connectivity index (χ4n) is 1.70. The number of aliphatic imine (C=N–C) groups is 1. The molecule has 2 rings (SSSR count). The molecular weight excluding hydrogens is 198 g/mol. The molecular formula is C13H17N3. The van der Waals surface area contributed by atoms with Gasteiger partial charge >= 0.3 is 0 Å². The van der Waals surface area contributed by atoms with E-state index in [2.05, 4.69) is 40.9 Å². The van der Waals surface area contributed by atoms with Gasteiger partial charge in [0.25, 0.3) is 0 Å². The van der Waals surface area contributed by atoms with E-state index in [1.54, 1.807) is 7.05 Å². The fourth-order valence-corrected chi connectivity index (χ4v) is 1.70. The Morgan fingerprint density at radius 2 is 2.31 bits per heavy atom. The number of imidazole rings is 1. The first kappa shape index (κ1) is 10.9. The van der Waals surface area contributed by atoms with Gasteiger partial charge < -0.3 is 4.98 Å². The summed E-state index contributed by atoms with van der Waals surface area (Å²) in [5.74, 6) is 1.55. The van der Waals surface area contributed by atoms with Crippen LogP contribution in [0.5, 0.6) is 0 Å². The van der Waals surface area contributed by atoms with Crippen molar-refractivity contribution >= 4 is 17.2 Å². The van der Waals surface area contributed by atoms with Crippen LogP contribution in [0.2, 0.25) is 0 Å². The number of benzene rings is 1. The van der Waals surface area contributed by atoms with E-state index in [0.29, 0.717) is 5.92 Å². The number of fused-ring (bicyclic) bond motifs is 1. The zero-order valence-corrected chi connectivity index (χ0v) is 9.99. The molecule has 84 valence electrons. The van der Waals surface area contributed by atoms with Gasteiger partial charge in [0.1, 0.15) is 5.82 Å². The minimum atomic E-state index is 0.482. The summed E-state index contributed by atoms with van der Waals surface area (Å²) in [7, 11) is 1.78. The van der Waals surface area contributed by atoms with E-state index in [1.807, 2.05) is 12.3 Å². The lowest BCUT2D eigenvalue weighted by atomic mass is 10.1. The highest BCUT2D eigenvalue weighted by molar-refractivity contribution is 5.87. The second-order valence-electron chi connectivity index (χ2n) is 4.10. The van der Waals surface area contributed by atoms with Gasteiger partial charge in [-0.3, -0.25) is 4.99 Å². The molecule has 2 aromatic rings. The molecule has 0 bridgehead atoms. The first-order valence-electron chi connectivity index (χ1n) is 5.66. The van der Waals surface area contributed by atoms with Gasteiger partial charge in [-0.15, -0.1) is 0 Å². The Morgan fingerprint density at radius 1 is 1.50 bits per heavy atom. The molecule has 0 spiro atoms. The van der Waals surface area contributed by atoms with Crippen molar-refractivity contribution < 1.29 is 0 Å². The van der Waals surface area contributed by atoms with E-state index in [1.165, 1.54) is 0 Å². The minimum absolute atomic E-state index is 0.482. The number of rotatable bonds is 3. The van der Waals surface area contributed by atoms with Crippen molar-refractivity contribution in [1.82, 2.24) is 9.97 Å². The summed E-state index contributed by atoms with van der Waals surface area (Å²) in [6, 6.07) is 6.17. The van der Waals surface area contributed by atoms with Crippen LogP contribution >= 0.6 is 0 Å². The zero-order valence-electron chi connectivity index (χ0n) is 9.99. The molecule has 0 aliphatic carbocycles. The maximum atomic E-state index is 4.61. The van der Waals surface area contributed by atoms with Crippen LogP contribution in [0.1, 0.15) is 37.6 Å². The molecule has 0 saturated heterocycles. The van der Waals surface area contributed by atoms with E-state index < -0.39 is 0 Å². The predicted molar refractivity (Wildman–Crippen MR) is 68.3 cm³/mol. The second-order valence-corrected chi connectivity index (χ2v) is 4.10. The highest BCUT2D eigenvalue weighted by Crippen LogP contribution is 2.20. The van der Waals surface area contributed by atoms with Gasteiger partial charge in [-0.2, -0.15) is 0 Å². The Labute approximate surface area is 95.6 Å². The molecule has 0 aliphatic rings. The van der Waals surface area contributed by atoms with Crippen LogP contribution in [0.25, 0.3) is 11.0 Å². The lowest BCUT2D eigenvalue weighted by Crippen LogP contribution is -1.92. The summed E-state index contributed by atoms with van der Waals surface area (Å²) in [5.41, 5.74) is 3.22. The number of hydrogen-bond donors (Lipinski definition) is 1.